The molecule has 0 radical (unpaired) electrons. The van der Waals surface area contributed by atoms with Gasteiger partial charge in [-0.3, -0.25) is 10.1 Å². The number of anilines is 1. The number of rotatable bonds is 9. The fourth-order valence-electron chi connectivity index (χ4n) is 3.08. The van der Waals surface area contributed by atoms with Gasteiger partial charge in [0, 0.05) is 30.5 Å². The summed E-state index contributed by atoms with van der Waals surface area (Å²) in [6, 6.07) is 12.8. The van der Waals surface area contributed by atoms with Crippen LogP contribution in [0, 0.1) is 20.8 Å². The summed E-state index contributed by atoms with van der Waals surface area (Å²) in [5.41, 5.74) is 4.20. The van der Waals surface area contributed by atoms with Gasteiger partial charge in [-0.1, -0.05) is 35.9 Å². The van der Waals surface area contributed by atoms with Gasteiger partial charge in [0.1, 0.15) is 0 Å². The van der Waals surface area contributed by atoms with E-state index in [4.69, 9.17) is 4.74 Å². The van der Waals surface area contributed by atoms with Crippen LogP contribution in [-0.4, -0.2) is 39.6 Å². The van der Waals surface area contributed by atoms with Gasteiger partial charge in [0.25, 0.3) is 5.91 Å². The molecule has 0 unspecified atom stereocenters. The lowest BCUT2D eigenvalue weighted by molar-refractivity contribution is 0.102. The Morgan fingerprint density at radius 1 is 1.09 bits per heavy atom. The van der Waals surface area contributed by atoms with Crippen LogP contribution in [0.25, 0.3) is 0 Å². The molecule has 9 heteroatoms. The van der Waals surface area contributed by atoms with Crippen molar-refractivity contribution in [3.05, 3.63) is 75.3 Å². The standard InChI is InChI=1S/C23H27N3O4S2/c1-15-5-8-18(9-6-15)13-21-17(3)25-23(31-21)26-22(27)20-14-19(10-7-16(20)2)32(28,29)24-11-12-30-4/h5-10,14,24H,11-13H2,1-4H3,(H,25,26,27). The summed E-state index contributed by atoms with van der Waals surface area (Å²) in [4.78, 5) is 18.5. The summed E-state index contributed by atoms with van der Waals surface area (Å²) in [6.45, 7) is 6.13. The molecule has 32 heavy (non-hydrogen) atoms. The number of sulfonamides is 1. The summed E-state index contributed by atoms with van der Waals surface area (Å²) in [5.74, 6) is -0.396. The lowest BCUT2D eigenvalue weighted by atomic mass is 10.1. The maximum Gasteiger partial charge on any atom is 0.257 e. The van der Waals surface area contributed by atoms with Crippen LogP contribution in [-0.2, 0) is 21.2 Å². The quantitative estimate of drug-likeness (QED) is 0.460. The molecule has 0 bridgehead atoms. The third-order valence-electron chi connectivity index (χ3n) is 4.96. The highest BCUT2D eigenvalue weighted by Gasteiger charge is 2.19. The number of hydrogen-bond donors (Lipinski definition) is 2. The Labute approximate surface area is 192 Å². The summed E-state index contributed by atoms with van der Waals surface area (Å²) in [5, 5.41) is 3.31. The maximum atomic E-state index is 12.9. The molecule has 1 heterocycles. The third-order valence-corrected chi connectivity index (χ3v) is 7.49. The number of thiazole rings is 1. The van der Waals surface area contributed by atoms with Crippen LogP contribution in [0.2, 0.25) is 0 Å². The molecule has 2 N–H and O–H groups in total. The molecular formula is C23H27N3O4S2. The fourth-order valence-corrected chi connectivity index (χ4v) is 5.11. The molecule has 170 valence electrons. The molecule has 0 fully saturated rings. The van der Waals surface area contributed by atoms with E-state index >= 15 is 0 Å². The van der Waals surface area contributed by atoms with Gasteiger partial charge in [-0.15, -0.1) is 11.3 Å². The first kappa shape index (κ1) is 24.1. The number of hydrogen-bond acceptors (Lipinski definition) is 6. The van der Waals surface area contributed by atoms with Gasteiger partial charge in [0.05, 0.1) is 17.2 Å². The first-order chi connectivity index (χ1) is 15.2. The van der Waals surface area contributed by atoms with Crippen molar-refractivity contribution in [2.24, 2.45) is 0 Å². The molecule has 0 atom stereocenters. The Bertz CT molecular complexity index is 1200. The number of nitrogens with zero attached hydrogens (tertiary/aromatic N) is 1. The number of aromatic nitrogens is 1. The van der Waals surface area contributed by atoms with Gasteiger partial charge in [-0.25, -0.2) is 18.1 Å². The van der Waals surface area contributed by atoms with E-state index in [0.717, 1.165) is 17.0 Å². The number of ether oxygens (including phenoxy) is 1. The van der Waals surface area contributed by atoms with Gasteiger partial charge in [0.2, 0.25) is 10.0 Å². The van der Waals surface area contributed by atoms with Crippen LogP contribution in [0.3, 0.4) is 0 Å². The highest BCUT2D eigenvalue weighted by Crippen LogP contribution is 2.26. The average molecular weight is 474 g/mol. The van der Waals surface area contributed by atoms with E-state index in [1.54, 1.807) is 13.0 Å². The molecule has 2 aromatic carbocycles. The zero-order valence-electron chi connectivity index (χ0n) is 18.6. The number of nitrogens with one attached hydrogen (secondary N) is 2. The second-order valence-electron chi connectivity index (χ2n) is 7.51. The van der Waals surface area contributed by atoms with Gasteiger partial charge in [0.15, 0.2) is 5.13 Å². The minimum atomic E-state index is -3.74. The van der Waals surface area contributed by atoms with E-state index in [1.165, 1.54) is 41.7 Å². The van der Waals surface area contributed by atoms with E-state index < -0.39 is 15.9 Å². The Morgan fingerprint density at radius 2 is 1.81 bits per heavy atom. The molecule has 0 saturated heterocycles. The number of methoxy groups -OCH3 is 1. The van der Waals surface area contributed by atoms with E-state index in [2.05, 4.69) is 39.3 Å². The van der Waals surface area contributed by atoms with Crippen LogP contribution in [0.1, 0.15) is 37.6 Å². The summed E-state index contributed by atoms with van der Waals surface area (Å²) < 4.78 is 32.3. The number of aryl methyl sites for hydroxylation is 3. The monoisotopic (exact) mass is 473 g/mol. The second kappa shape index (κ2) is 10.4. The van der Waals surface area contributed by atoms with Crippen LogP contribution in [0.5, 0.6) is 0 Å². The van der Waals surface area contributed by atoms with Crippen molar-refractivity contribution in [3.8, 4) is 0 Å². The van der Waals surface area contributed by atoms with Crippen LogP contribution < -0.4 is 10.0 Å². The fraction of sp³-hybridized carbons (Fsp3) is 0.304. The topological polar surface area (TPSA) is 97.4 Å². The number of benzene rings is 2. The Morgan fingerprint density at radius 3 is 2.50 bits per heavy atom. The van der Waals surface area contributed by atoms with Crippen molar-refractivity contribution in [2.45, 2.75) is 32.1 Å². The minimum Gasteiger partial charge on any atom is -0.383 e. The Hall–Kier alpha value is -2.59. The number of amides is 1. The molecule has 1 aromatic heterocycles. The molecule has 1 amide bonds. The van der Waals surface area contributed by atoms with Crippen molar-refractivity contribution in [2.75, 3.05) is 25.6 Å². The van der Waals surface area contributed by atoms with E-state index in [9.17, 15) is 13.2 Å². The second-order valence-corrected chi connectivity index (χ2v) is 10.4. The molecule has 3 rings (SSSR count). The SMILES string of the molecule is COCCNS(=O)(=O)c1ccc(C)c(C(=O)Nc2nc(C)c(Cc3ccc(C)cc3)s2)c1. The Kier molecular flexibility index (Phi) is 7.78. The molecule has 0 aliphatic rings. The summed E-state index contributed by atoms with van der Waals surface area (Å²) >= 11 is 1.42. The number of carbonyl (C=O) groups excluding carboxylic acids is 1. The van der Waals surface area contributed by atoms with Crippen LogP contribution in [0.4, 0.5) is 5.13 Å². The lowest BCUT2D eigenvalue weighted by Crippen LogP contribution is -2.27. The molecule has 3 aromatic rings. The predicted octanol–water partition coefficient (Wildman–Crippen LogP) is 3.84. The van der Waals surface area contributed by atoms with Crippen LogP contribution >= 0.6 is 11.3 Å². The van der Waals surface area contributed by atoms with Crippen molar-refractivity contribution in [3.63, 3.8) is 0 Å². The van der Waals surface area contributed by atoms with Gasteiger partial charge >= 0.3 is 0 Å². The van der Waals surface area contributed by atoms with Crippen molar-refractivity contribution in [1.82, 2.24) is 9.71 Å². The molecule has 7 nitrogen and oxygen atoms in total. The minimum absolute atomic E-state index is 0.0275. The van der Waals surface area contributed by atoms with E-state index in [1.807, 2.05) is 13.8 Å². The molecule has 0 saturated carbocycles. The smallest absolute Gasteiger partial charge is 0.257 e. The van der Waals surface area contributed by atoms with Crippen molar-refractivity contribution in [1.29, 1.82) is 0 Å². The zero-order chi connectivity index (χ0) is 23.3. The van der Waals surface area contributed by atoms with Gasteiger partial charge in [-0.2, -0.15) is 0 Å². The number of carbonyl (C=O) groups is 1. The average Bonchev–Trinajstić information content (AvgIpc) is 3.08. The molecular weight excluding hydrogens is 446 g/mol. The van der Waals surface area contributed by atoms with E-state index in [-0.39, 0.29) is 23.6 Å². The normalized spacial score (nSPS) is 11.5. The Balaban J connectivity index is 1.76. The summed E-state index contributed by atoms with van der Waals surface area (Å²) in [6.07, 6.45) is 0.736. The first-order valence-electron chi connectivity index (χ1n) is 10.1. The van der Waals surface area contributed by atoms with Gasteiger partial charge < -0.3 is 4.74 Å². The van der Waals surface area contributed by atoms with Gasteiger partial charge in [-0.05, 0) is 44.0 Å². The third kappa shape index (κ3) is 6.01. The van der Waals surface area contributed by atoms with Crippen molar-refractivity contribution >= 4 is 32.4 Å². The van der Waals surface area contributed by atoms with Crippen molar-refractivity contribution < 1.29 is 17.9 Å². The first-order valence-corrected chi connectivity index (χ1v) is 12.4. The summed E-state index contributed by atoms with van der Waals surface area (Å²) in [7, 11) is -2.25. The predicted molar refractivity (Wildman–Crippen MR) is 127 cm³/mol. The highest BCUT2D eigenvalue weighted by atomic mass is 32.2. The highest BCUT2D eigenvalue weighted by molar-refractivity contribution is 7.89. The van der Waals surface area contributed by atoms with Crippen LogP contribution in [0.15, 0.2) is 47.4 Å². The maximum absolute atomic E-state index is 12.9. The van der Waals surface area contributed by atoms with E-state index in [0.29, 0.717) is 10.7 Å². The largest absolute Gasteiger partial charge is 0.383 e. The molecule has 0 aliphatic carbocycles. The molecule has 0 aliphatic heterocycles. The molecule has 0 spiro atoms. The zero-order valence-corrected chi connectivity index (χ0v) is 20.2. The lowest BCUT2D eigenvalue weighted by Gasteiger charge is -2.10.